The number of halogens is 1. The summed E-state index contributed by atoms with van der Waals surface area (Å²) in [7, 11) is 0. The van der Waals surface area contributed by atoms with Gasteiger partial charge in [-0.1, -0.05) is 59.2 Å². The van der Waals surface area contributed by atoms with E-state index < -0.39 is 0 Å². The molecule has 0 saturated carbocycles. The van der Waals surface area contributed by atoms with Gasteiger partial charge in [-0.15, -0.1) is 0 Å². The monoisotopic (exact) mass is 306 g/mol. The van der Waals surface area contributed by atoms with Gasteiger partial charge in [-0.2, -0.15) is 5.26 Å². The summed E-state index contributed by atoms with van der Waals surface area (Å²) >= 11 is 5.91. The van der Waals surface area contributed by atoms with Crippen molar-refractivity contribution in [1.29, 1.82) is 5.26 Å². The maximum atomic E-state index is 9.60. The van der Waals surface area contributed by atoms with Gasteiger partial charge in [0.05, 0.1) is 5.57 Å². The van der Waals surface area contributed by atoms with E-state index in [4.69, 9.17) is 16.8 Å². The minimum Gasteiger partial charge on any atom is -0.410 e. The van der Waals surface area contributed by atoms with Gasteiger partial charge in [0, 0.05) is 16.2 Å². The molecule has 2 aromatic rings. The molecular weight excluding hydrogens is 296 g/mol. The third-order valence-corrected chi connectivity index (χ3v) is 3.77. The Morgan fingerprint density at radius 2 is 1.68 bits per heavy atom. The zero-order valence-electron chi connectivity index (χ0n) is 11.5. The summed E-state index contributed by atoms with van der Waals surface area (Å²) in [6.07, 6.45) is 3.50. The van der Waals surface area contributed by atoms with Crippen LogP contribution in [-0.2, 0) is 0 Å². The Balaban J connectivity index is 2.25. The quantitative estimate of drug-likeness (QED) is 0.478. The molecule has 0 saturated heterocycles. The van der Waals surface area contributed by atoms with Crippen LogP contribution in [0.2, 0.25) is 5.02 Å². The number of allylic oxidation sites excluding steroid dienone is 4. The van der Waals surface area contributed by atoms with Crippen molar-refractivity contribution in [2.45, 2.75) is 0 Å². The van der Waals surface area contributed by atoms with E-state index in [0.29, 0.717) is 16.3 Å². The van der Waals surface area contributed by atoms with Crippen LogP contribution in [0.1, 0.15) is 16.7 Å². The van der Waals surface area contributed by atoms with Crippen molar-refractivity contribution in [2.24, 2.45) is 5.16 Å². The molecule has 0 atom stereocenters. The number of benzene rings is 2. The minimum absolute atomic E-state index is 0.479. The van der Waals surface area contributed by atoms with Crippen LogP contribution in [0.15, 0.2) is 65.8 Å². The highest BCUT2D eigenvalue weighted by Gasteiger charge is 2.18. The second-order valence-corrected chi connectivity index (χ2v) is 5.21. The Labute approximate surface area is 133 Å². The number of hydrogen-bond acceptors (Lipinski definition) is 3. The SMILES string of the molecule is N#C/C(=C1C=C/C(=N\O)c2ccccc2/1)c1ccc(Cl)cc1. The molecular formula is C18H11ClN2O. The lowest BCUT2D eigenvalue weighted by molar-refractivity contribution is 0.320. The van der Waals surface area contributed by atoms with Crippen LogP contribution in [0.25, 0.3) is 11.1 Å². The van der Waals surface area contributed by atoms with Crippen molar-refractivity contribution in [3.63, 3.8) is 0 Å². The molecule has 0 aliphatic heterocycles. The average Bonchev–Trinajstić information content (AvgIpc) is 2.57. The number of nitriles is 1. The third kappa shape index (κ3) is 2.41. The van der Waals surface area contributed by atoms with E-state index >= 15 is 0 Å². The second-order valence-electron chi connectivity index (χ2n) is 4.77. The molecule has 106 valence electrons. The molecule has 3 rings (SSSR count). The van der Waals surface area contributed by atoms with E-state index in [1.54, 1.807) is 24.3 Å². The molecule has 0 amide bonds. The highest BCUT2D eigenvalue weighted by Crippen LogP contribution is 2.33. The molecule has 2 aromatic carbocycles. The first-order chi connectivity index (χ1) is 10.7. The molecule has 0 radical (unpaired) electrons. The van der Waals surface area contributed by atoms with Gasteiger partial charge in [0.1, 0.15) is 11.8 Å². The molecule has 1 aliphatic carbocycles. The Morgan fingerprint density at radius 1 is 1.00 bits per heavy atom. The van der Waals surface area contributed by atoms with Gasteiger partial charge in [0.2, 0.25) is 0 Å². The molecule has 3 nitrogen and oxygen atoms in total. The van der Waals surface area contributed by atoms with E-state index in [2.05, 4.69) is 11.2 Å². The van der Waals surface area contributed by atoms with Gasteiger partial charge in [-0.25, -0.2) is 0 Å². The Morgan fingerprint density at radius 3 is 2.32 bits per heavy atom. The van der Waals surface area contributed by atoms with Gasteiger partial charge >= 0.3 is 0 Å². The molecule has 4 heteroatoms. The van der Waals surface area contributed by atoms with Crippen molar-refractivity contribution in [3.8, 4) is 6.07 Å². The van der Waals surface area contributed by atoms with Gasteiger partial charge in [-0.05, 0) is 29.3 Å². The van der Waals surface area contributed by atoms with Crippen LogP contribution in [0, 0.1) is 11.3 Å². The molecule has 1 aliphatic rings. The number of nitrogens with zero attached hydrogens (tertiary/aromatic N) is 2. The van der Waals surface area contributed by atoms with Crippen molar-refractivity contribution >= 4 is 28.5 Å². The number of fused-ring (bicyclic) bond motifs is 1. The lowest BCUT2D eigenvalue weighted by atomic mass is 9.87. The van der Waals surface area contributed by atoms with Crippen LogP contribution in [0.3, 0.4) is 0 Å². The largest absolute Gasteiger partial charge is 0.410 e. The van der Waals surface area contributed by atoms with E-state index in [1.165, 1.54) is 0 Å². The van der Waals surface area contributed by atoms with Crippen LogP contribution in [0.4, 0.5) is 0 Å². The van der Waals surface area contributed by atoms with Gasteiger partial charge in [-0.3, -0.25) is 0 Å². The molecule has 22 heavy (non-hydrogen) atoms. The summed E-state index contributed by atoms with van der Waals surface area (Å²) in [4.78, 5) is 0. The molecule has 1 N–H and O–H groups in total. The predicted octanol–water partition coefficient (Wildman–Crippen LogP) is 4.52. The maximum absolute atomic E-state index is 9.60. The van der Waals surface area contributed by atoms with E-state index in [-0.39, 0.29) is 0 Å². The molecule has 0 unspecified atom stereocenters. The summed E-state index contributed by atoms with van der Waals surface area (Å²) in [6.45, 7) is 0. The Kier molecular flexibility index (Phi) is 3.78. The summed E-state index contributed by atoms with van der Waals surface area (Å²) in [5.41, 5.74) is 4.29. The Hall–Kier alpha value is -2.83. The van der Waals surface area contributed by atoms with Crippen molar-refractivity contribution in [2.75, 3.05) is 0 Å². The van der Waals surface area contributed by atoms with Gasteiger partial charge in [0.25, 0.3) is 0 Å². The van der Waals surface area contributed by atoms with Crippen LogP contribution < -0.4 is 0 Å². The molecule has 0 fully saturated rings. The maximum Gasteiger partial charge on any atom is 0.110 e. The smallest absolute Gasteiger partial charge is 0.110 e. The topological polar surface area (TPSA) is 56.4 Å². The summed E-state index contributed by atoms with van der Waals surface area (Å²) < 4.78 is 0. The number of hydrogen-bond donors (Lipinski definition) is 1. The van der Waals surface area contributed by atoms with Gasteiger partial charge in [0.15, 0.2) is 0 Å². The fourth-order valence-corrected chi connectivity index (χ4v) is 2.61. The zero-order valence-corrected chi connectivity index (χ0v) is 12.2. The summed E-state index contributed by atoms with van der Waals surface area (Å²) in [5.74, 6) is 0. The standard InChI is InChI=1S/C18H11ClN2O/c19-13-7-5-12(6-8-13)17(11-20)15-9-10-18(21-22)16-4-2-1-3-14(15)16/h1-10,22H/b17-15+,21-18+. The van der Waals surface area contributed by atoms with E-state index in [0.717, 1.165) is 22.3 Å². The third-order valence-electron chi connectivity index (χ3n) is 3.52. The van der Waals surface area contributed by atoms with Crippen molar-refractivity contribution in [3.05, 3.63) is 82.4 Å². The normalized spacial score (nSPS) is 17.0. The van der Waals surface area contributed by atoms with Crippen LogP contribution >= 0.6 is 11.6 Å². The number of rotatable bonds is 1. The van der Waals surface area contributed by atoms with E-state index in [1.807, 2.05) is 36.4 Å². The zero-order chi connectivity index (χ0) is 15.5. The van der Waals surface area contributed by atoms with Gasteiger partial charge < -0.3 is 5.21 Å². The first-order valence-electron chi connectivity index (χ1n) is 6.65. The fraction of sp³-hybridized carbons (Fsp3) is 0. The molecule has 0 spiro atoms. The highest BCUT2D eigenvalue weighted by molar-refractivity contribution is 6.30. The van der Waals surface area contributed by atoms with E-state index in [9.17, 15) is 5.26 Å². The van der Waals surface area contributed by atoms with Crippen LogP contribution in [-0.4, -0.2) is 10.9 Å². The molecule has 0 heterocycles. The number of oxime groups is 1. The lowest BCUT2D eigenvalue weighted by Crippen LogP contribution is -2.07. The van der Waals surface area contributed by atoms with Crippen molar-refractivity contribution < 1.29 is 5.21 Å². The Bertz CT molecular complexity index is 855. The average molecular weight is 307 g/mol. The van der Waals surface area contributed by atoms with Crippen LogP contribution in [0.5, 0.6) is 0 Å². The van der Waals surface area contributed by atoms with Crippen molar-refractivity contribution in [1.82, 2.24) is 0 Å². The summed E-state index contributed by atoms with van der Waals surface area (Å²) in [6, 6.07) is 17.0. The predicted molar refractivity (Wildman–Crippen MR) is 87.8 cm³/mol. The molecule has 0 bridgehead atoms. The fourth-order valence-electron chi connectivity index (χ4n) is 2.49. The second kappa shape index (κ2) is 5.88. The highest BCUT2D eigenvalue weighted by atomic mass is 35.5. The first-order valence-corrected chi connectivity index (χ1v) is 7.02. The minimum atomic E-state index is 0.479. The first kappa shape index (κ1) is 14.1. The summed E-state index contributed by atoms with van der Waals surface area (Å²) in [5, 5.41) is 22.6. The lowest BCUT2D eigenvalue weighted by Gasteiger charge is -2.16. The molecule has 0 aromatic heterocycles.